The number of nitrogens with one attached hydrogen (secondary N) is 2. The van der Waals surface area contributed by atoms with Crippen molar-refractivity contribution in [2.45, 2.75) is 24.4 Å². The van der Waals surface area contributed by atoms with Gasteiger partial charge in [-0.05, 0) is 30.7 Å². The van der Waals surface area contributed by atoms with E-state index in [0.717, 1.165) is 11.6 Å². The molecule has 0 unspecified atom stereocenters. The van der Waals surface area contributed by atoms with Crippen LogP contribution in [0.1, 0.15) is 12.5 Å². The van der Waals surface area contributed by atoms with Gasteiger partial charge < -0.3 is 10.6 Å². The number of nitrogens with zero attached hydrogens (tertiary/aromatic N) is 1. The minimum Gasteiger partial charge on any atom is -0.323 e. The van der Waals surface area contributed by atoms with Crippen LogP contribution in [0, 0.1) is 10.1 Å². The molecule has 0 saturated heterocycles. The average molecular weight is 413 g/mol. The molecule has 0 bridgehead atoms. The van der Waals surface area contributed by atoms with Gasteiger partial charge in [0, 0.05) is 18.7 Å². The molecule has 0 aromatic heterocycles. The van der Waals surface area contributed by atoms with E-state index in [2.05, 4.69) is 10.6 Å². The highest BCUT2D eigenvalue weighted by atomic mass is 35.5. The van der Waals surface area contributed by atoms with Crippen LogP contribution in [-0.4, -0.2) is 25.3 Å². The molecule has 4 N–H and O–H groups in total. The molecule has 0 aliphatic rings. The molecule has 0 aliphatic heterocycles. The Morgan fingerprint density at radius 3 is 2.41 bits per heavy atom. The second kappa shape index (κ2) is 8.44. The van der Waals surface area contributed by atoms with Gasteiger partial charge in [0.1, 0.15) is 0 Å². The quantitative estimate of drug-likeness (QED) is 0.468. The van der Waals surface area contributed by atoms with E-state index in [-0.39, 0.29) is 27.2 Å². The van der Waals surface area contributed by atoms with Gasteiger partial charge in [0.25, 0.3) is 5.69 Å². The van der Waals surface area contributed by atoms with Crippen LogP contribution in [0.3, 0.4) is 0 Å². The highest BCUT2D eigenvalue weighted by Gasteiger charge is 2.16. The van der Waals surface area contributed by atoms with Gasteiger partial charge in [0.2, 0.25) is 15.9 Å². The molecule has 0 aliphatic carbocycles. The predicted octanol–water partition coefficient (Wildman–Crippen LogP) is 2.01. The molecule has 2 aromatic carbocycles. The summed E-state index contributed by atoms with van der Waals surface area (Å²) < 4.78 is 22.4. The first-order valence-electron chi connectivity index (χ1n) is 7.68. The third kappa shape index (κ3) is 5.73. The minimum atomic E-state index is -3.75. The van der Waals surface area contributed by atoms with E-state index in [4.69, 9.17) is 16.7 Å². The number of non-ortho nitro benzene ring substituents is 1. The summed E-state index contributed by atoms with van der Waals surface area (Å²) in [4.78, 5) is 22.4. The molecule has 2 rings (SSSR count). The van der Waals surface area contributed by atoms with Gasteiger partial charge in [-0.3, -0.25) is 14.9 Å². The number of nitrogens with two attached hydrogens (primary N) is 1. The Labute approximate surface area is 160 Å². The summed E-state index contributed by atoms with van der Waals surface area (Å²) in [5.41, 5.74) is 0.848. The summed E-state index contributed by atoms with van der Waals surface area (Å²) >= 11 is 5.95. The summed E-state index contributed by atoms with van der Waals surface area (Å²) in [6.45, 7) is 1.95. The predicted molar refractivity (Wildman–Crippen MR) is 101 cm³/mol. The number of sulfonamides is 1. The number of hydrogen-bond acceptors (Lipinski definition) is 6. The Hall–Kier alpha value is -2.53. The fourth-order valence-electron chi connectivity index (χ4n) is 2.12. The van der Waals surface area contributed by atoms with Crippen molar-refractivity contribution in [3.05, 3.63) is 63.2 Å². The summed E-state index contributed by atoms with van der Waals surface area (Å²) in [5, 5.41) is 21.4. The van der Waals surface area contributed by atoms with Gasteiger partial charge in [0.15, 0.2) is 0 Å². The molecular weight excluding hydrogens is 396 g/mol. The van der Waals surface area contributed by atoms with E-state index < -0.39 is 21.0 Å². The van der Waals surface area contributed by atoms with Crippen molar-refractivity contribution in [1.82, 2.24) is 5.32 Å². The number of halogens is 1. The lowest BCUT2D eigenvalue weighted by molar-refractivity contribution is -0.384. The second-order valence-electron chi connectivity index (χ2n) is 5.70. The van der Waals surface area contributed by atoms with Crippen molar-refractivity contribution >= 4 is 38.9 Å². The molecule has 1 atom stereocenters. The van der Waals surface area contributed by atoms with Crippen molar-refractivity contribution in [3.8, 4) is 0 Å². The number of rotatable bonds is 7. The second-order valence-corrected chi connectivity index (χ2v) is 7.67. The third-order valence-corrected chi connectivity index (χ3v) is 4.92. The maximum Gasteiger partial charge on any atom is 0.271 e. The first kappa shape index (κ1) is 20.8. The first-order chi connectivity index (χ1) is 12.6. The number of carbonyl (C=O) groups is 1. The maximum absolute atomic E-state index is 12.2. The van der Waals surface area contributed by atoms with E-state index in [1.54, 1.807) is 19.1 Å². The lowest BCUT2D eigenvalue weighted by atomic mass is 10.2. The molecule has 2 aromatic rings. The molecule has 0 saturated carbocycles. The van der Waals surface area contributed by atoms with Gasteiger partial charge in [-0.1, -0.05) is 23.7 Å². The SMILES string of the molecule is C[C@@H](NCc1ccc(S(N)(=O)=O)cc1)C(=O)Nc1ccc([N+](=O)[O-])cc1Cl. The van der Waals surface area contributed by atoms with E-state index in [0.29, 0.717) is 6.54 Å². The Kier molecular flexibility index (Phi) is 6.50. The first-order valence-corrected chi connectivity index (χ1v) is 9.60. The molecule has 11 heteroatoms. The van der Waals surface area contributed by atoms with Crippen molar-refractivity contribution in [2.24, 2.45) is 5.14 Å². The molecule has 27 heavy (non-hydrogen) atoms. The van der Waals surface area contributed by atoms with Crippen LogP contribution < -0.4 is 15.8 Å². The van der Waals surface area contributed by atoms with Gasteiger partial charge in [-0.15, -0.1) is 0 Å². The van der Waals surface area contributed by atoms with Crippen LogP contribution in [0.25, 0.3) is 0 Å². The van der Waals surface area contributed by atoms with Crippen molar-refractivity contribution in [3.63, 3.8) is 0 Å². The largest absolute Gasteiger partial charge is 0.323 e. The number of benzene rings is 2. The van der Waals surface area contributed by atoms with Crippen LogP contribution in [0.2, 0.25) is 5.02 Å². The Bertz CT molecular complexity index is 963. The Morgan fingerprint density at radius 2 is 1.89 bits per heavy atom. The van der Waals surface area contributed by atoms with Crippen molar-refractivity contribution in [2.75, 3.05) is 5.32 Å². The zero-order chi connectivity index (χ0) is 20.2. The number of carbonyl (C=O) groups excluding carboxylic acids is 1. The standard InChI is InChI=1S/C16H17ClN4O5S/c1-10(19-9-11-2-5-13(6-3-11)27(18,25)26)16(22)20-15-7-4-12(21(23)24)8-14(15)17/h2-8,10,19H,9H2,1H3,(H,20,22)(H2,18,25,26)/t10-/m1/s1. The number of primary sulfonamides is 1. The molecule has 0 fully saturated rings. The fraction of sp³-hybridized carbons (Fsp3) is 0.188. The molecule has 0 radical (unpaired) electrons. The van der Waals surface area contributed by atoms with E-state index in [9.17, 15) is 23.3 Å². The summed E-state index contributed by atoms with van der Waals surface area (Å²) in [7, 11) is -3.75. The highest BCUT2D eigenvalue weighted by molar-refractivity contribution is 7.89. The Balaban J connectivity index is 1.95. The van der Waals surface area contributed by atoms with Crippen molar-refractivity contribution < 1.29 is 18.1 Å². The number of nitro groups is 1. The summed E-state index contributed by atoms with van der Waals surface area (Å²) in [5.74, 6) is -0.382. The van der Waals surface area contributed by atoms with E-state index in [1.807, 2.05) is 0 Å². The smallest absolute Gasteiger partial charge is 0.271 e. The molecule has 0 spiro atoms. The zero-order valence-electron chi connectivity index (χ0n) is 14.2. The summed E-state index contributed by atoms with van der Waals surface area (Å²) in [6, 6.07) is 9.09. The van der Waals surface area contributed by atoms with Crippen LogP contribution >= 0.6 is 11.6 Å². The van der Waals surface area contributed by atoms with Crippen LogP contribution in [0.4, 0.5) is 11.4 Å². The molecule has 0 heterocycles. The number of nitro benzene ring substituents is 1. The van der Waals surface area contributed by atoms with Gasteiger partial charge in [-0.25, -0.2) is 13.6 Å². The molecular formula is C16H17ClN4O5S. The topological polar surface area (TPSA) is 144 Å². The van der Waals surface area contributed by atoms with Gasteiger partial charge >= 0.3 is 0 Å². The molecule has 9 nitrogen and oxygen atoms in total. The highest BCUT2D eigenvalue weighted by Crippen LogP contribution is 2.26. The number of amides is 1. The molecule has 1 amide bonds. The normalized spacial score (nSPS) is 12.4. The lowest BCUT2D eigenvalue weighted by Gasteiger charge is -2.15. The number of anilines is 1. The van der Waals surface area contributed by atoms with Gasteiger partial charge in [-0.2, -0.15) is 0 Å². The average Bonchev–Trinajstić information content (AvgIpc) is 2.60. The third-order valence-electron chi connectivity index (χ3n) is 3.68. The monoisotopic (exact) mass is 412 g/mol. The van der Waals surface area contributed by atoms with E-state index in [1.165, 1.54) is 24.3 Å². The van der Waals surface area contributed by atoms with Gasteiger partial charge in [0.05, 0.1) is 26.6 Å². The molecule has 144 valence electrons. The van der Waals surface area contributed by atoms with Crippen LogP contribution in [0.15, 0.2) is 47.4 Å². The number of hydrogen-bond donors (Lipinski definition) is 3. The van der Waals surface area contributed by atoms with E-state index >= 15 is 0 Å². The maximum atomic E-state index is 12.2. The minimum absolute atomic E-state index is 0.00449. The summed E-state index contributed by atoms with van der Waals surface area (Å²) in [6.07, 6.45) is 0. The van der Waals surface area contributed by atoms with Crippen LogP contribution in [-0.2, 0) is 21.4 Å². The Morgan fingerprint density at radius 1 is 1.26 bits per heavy atom. The zero-order valence-corrected chi connectivity index (χ0v) is 15.8. The fourth-order valence-corrected chi connectivity index (χ4v) is 2.86. The van der Waals surface area contributed by atoms with Crippen LogP contribution in [0.5, 0.6) is 0 Å². The lowest BCUT2D eigenvalue weighted by Crippen LogP contribution is -2.37. The van der Waals surface area contributed by atoms with Crippen molar-refractivity contribution in [1.29, 1.82) is 0 Å².